The second-order valence-electron chi connectivity index (χ2n) is 7.86. The second kappa shape index (κ2) is 7.77. The molecular formula is C19H30O2Si. The van der Waals surface area contributed by atoms with E-state index in [0.29, 0.717) is 12.1 Å². The highest BCUT2D eigenvalue weighted by Crippen LogP contribution is 2.28. The molecule has 0 aliphatic rings. The lowest BCUT2D eigenvalue weighted by Gasteiger charge is -2.26. The molecule has 2 nitrogen and oxygen atoms in total. The van der Waals surface area contributed by atoms with E-state index in [2.05, 4.69) is 62.1 Å². The topological polar surface area (TPSA) is 26.3 Å². The van der Waals surface area contributed by atoms with Gasteiger partial charge in [-0.1, -0.05) is 62.1 Å². The summed E-state index contributed by atoms with van der Waals surface area (Å²) in [6, 6.07) is 10.7. The normalized spacial score (nSPS) is 14.1. The van der Waals surface area contributed by atoms with E-state index in [0.717, 1.165) is 6.42 Å². The highest BCUT2D eigenvalue weighted by atomic mass is 28.3. The fraction of sp³-hybridized carbons (Fsp3) is 0.526. The maximum Gasteiger partial charge on any atom is 0.311 e. The largest absolute Gasteiger partial charge is 0.465 e. The van der Waals surface area contributed by atoms with Crippen LogP contribution in [0.4, 0.5) is 0 Å². The standard InChI is InChI=1S/C19H30O2Si/c1-19(2,3)18(20)21-15-11-10-14-17(22(4,5)6)16-12-8-7-9-13-16/h7-10,12-14,17H,11,15H2,1-6H3/b14-10+. The first-order valence-electron chi connectivity index (χ1n) is 8.01. The molecule has 0 spiro atoms. The minimum Gasteiger partial charge on any atom is -0.465 e. The number of benzene rings is 1. The van der Waals surface area contributed by atoms with Crippen molar-refractivity contribution in [3.8, 4) is 0 Å². The van der Waals surface area contributed by atoms with Crippen LogP contribution in [0.3, 0.4) is 0 Å². The van der Waals surface area contributed by atoms with Crippen molar-refractivity contribution < 1.29 is 9.53 Å². The number of hydrogen-bond acceptors (Lipinski definition) is 2. The molecule has 3 heteroatoms. The Morgan fingerprint density at radius 3 is 2.27 bits per heavy atom. The lowest BCUT2D eigenvalue weighted by atomic mass is 9.97. The molecule has 0 bridgehead atoms. The molecule has 22 heavy (non-hydrogen) atoms. The van der Waals surface area contributed by atoms with Gasteiger partial charge in [0.15, 0.2) is 0 Å². The molecule has 122 valence electrons. The van der Waals surface area contributed by atoms with E-state index in [-0.39, 0.29) is 5.97 Å². The summed E-state index contributed by atoms with van der Waals surface area (Å²) in [7, 11) is -1.33. The summed E-state index contributed by atoms with van der Waals surface area (Å²) in [6.07, 6.45) is 5.23. The zero-order chi connectivity index (χ0) is 16.8. The predicted molar refractivity (Wildman–Crippen MR) is 96.7 cm³/mol. The molecule has 0 amide bonds. The Bertz CT molecular complexity index is 492. The maximum absolute atomic E-state index is 11.7. The summed E-state index contributed by atoms with van der Waals surface area (Å²) in [5.74, 6) is -0.134. The van der Waals surface area contributed by atoms with Crippen molar-refractivity contribution in [1.82, 2.24) is 0 Å². The first-order chi connectivity index (χ1) is 10.1. The smallest absolute Gasteiger partial charge is 0.311 e. The summed E-state index contributed by atoms with van der Waals surface area (Å²) in [5, 5.41) is 0. The molecule has 1 atom stereocenters. The number of hydrogen-bond donors (Lipinski definition) is 0. The molecule has 0 aliphatic heterocycles. The summed E-state index contributed by atoms with van der Waals surface area (Å²) < 4.78 is 5.30. The van der Waals surface area contributed by atoms with Crippen molar-refractivity contribution in [3.05, 3.63) is 48.0 Å². The van der Waals surface area contributed by atoms with E-state index in [1.165, 1.54) is 5.56 Å². The van der Waals surface area contributed by atoms with Gasteiger partial charge < -0.3 is 4.74 Å². The van der Waals surface area contributed by atoms with Crippen LogP contribution in [0, 0.1) is 5.41 Å². The van der Waals surface area contributed by atoms with Gasteiger partial charge in [0.1, 0.15) is 0 Å². The Balaban J connectivity index is 2.60. The summed E-state index contributed by atoms with van der Waals surface area (Å²) in [4.78, 5) is 11.7. The highest BCUT2D eigenvalue weighted by molar-refractivity contribution is 6.78. The average molecular weight is 319 g/mol. The minimum absolute atomic E-state index is 0.134. The van der Waals surface area contributed by atoms with Crippen LogP contribution in [-0.2, 0) is 9.53 Å². The maximum atomic E-state index is 11.7. The summed E-state index contributed by atoms with van der Waals surface area (Å²) in [5.41, 5.74) is 1.45. The fourth-order valence-electron chi connectivity index (χ4n) is 2.23. The van der Waals surface area contributed by atoms with Crippen molar-refractivity contribution in [2.75, 3.05) is 6.61 Å². The van der Waals surface area contributed by atoms with E-state index >= 15 is 0 Å². The molecule has 1 rings (SSSR count). The van der Waals surface area contributed by atoms with Gasteiger partial charge in [0.05, 0.1) is 20.1 Å². The summed E-state index contributed by atoms with van der Waals surface area (Å²) >= 11 is 0. The van der Waals surface area contributed by atoms with Gasteiger partial charge >= 0.3 is 5.97 Å². The second-order valence-corrected chi connectivity index (χ2v) is 13.2. The Morgan fingerprint density at radius 1 is 1.18 bits per heavy atom. The van der Waals surface area contributed by atoms with Gasteiger partial charge in [-0.05, 0) is 38.3 Å². The van der Waals surface area contributed by atoms with Crippen molar-refractivity contribution in [2.45, 2.75) is 52.4 Å². The third kappa shape index (κ3) is 6.18. The molecule has 0 aromatic heterocycles. The molecule has 1 unspecified atom stereocenters. The van der Waals surface area contributed by atoms with Gasteiger partial charge in [-0.25, -0.2) is 0 Å². The zero-order valence-corrected chi connectivity index (χ0v) is 15.8. The van der Waals surface area contributed by atoms with Crippen LogP contribution < -0.4 is 0 Å². The van der Waals surface area contributed by atoms with Crippen LogP contribution in [0.15, 0.2) is 42.5 Å². The van der Waals surface area contributed by atoms with Gasteiger partial charge in [0.25, 0.3) is 0 Å². The van der Waals surface area contributed by atoms with E-state index in [9.17, 15) is 4.79 Å². The minimum atomic E-state index is -1.33. The number of ether oxygens (including phenoxy) is 1. The molecule has 0 fully saturated rings. The van der Waals surface area contributed by atoms with Gasteiger partial charge in [0, 0.05) is 0 Å². The van der Waals surface area contributed by atoms with Gasteiger partial charge in [-0.15, -0.1) is 0 Å². The number of rotatable bonds is 6. The lowest BCUT2D eigenvalue weighted by molar-refractivity contribution is -0.152. The Morgan fingerprint density at radius 2 is 1.77 bits per heavy atom. The monoisotopic (exact) mass is 318 g/mol. The fourth-order valence-corrected chi connectivity index (χ4v) is 4.13. The first-order valence-corrected chi connectivity index (χ1v) is 11.6. The Hall–Kier alpha value is -1.35. The third-order valence-corrected chi connectivity index (χ3v) is 5.94. The van der Waals surface area contributed by atoms with E-state index in [1.54, 1.807) is 0 Å². The molecule has 0 saturated heterocycles. The van der Waals surface area contributed by atoms with Crippen LogP contribution >= 0.6 is 0 Å². The van der Waals surface area contributed by atoms with Crippen LogP contribution in [-0.4, -0.2) is 20.7 Å². The van der Waals surface area contributed by atoms with E-state index in [1.807, 2.05) is 20.8 Å². The van der Waals surface area contributed by atoms with Crippen molar-refractivity contribution >= 4 is 14.0 Å². The molecule has 0 N–H and O–H groups in total. The average Bonchev–Trinajstić information content (AvgIpc) is 2.41. The number of carbonyl (C=O) groups is 1. The molecule has 0 aliphatic carbocycles. The Labute approximate surface area is 136 Å². The third-order valence-electron chi connectivity index (χ3n) is 3.55. The Kier molecular flexibility index (Phi) is 6.60. The molecule has 0 saturated carbocycles. The van der Waals surface area contributed by atoms with Crippen LogP contribution in [0.1, 0.15) is 38.3 Å². The number of carbonyl (C=O) groups excluding carboxylic acids is 1. The highest BCUT2D eigenvalue weighted by Gasteiger charge is 2.25. The number of esters is 1. The van der Waals surface area contributed by atoms with E-state index < -0.39 is 13.5 Å². The predicted octanol–water partition coefficient (Wildman–Crippen LogP) is 5.18. The summed E-state index contributed by atoms with van der Waals surface area (Å²) in [6.45, 7) is 13.2. The molecule has 0 radical (unpaired) electrons. The molecule has 1 aromatic rings. The number of allylic oxidation sites excluding steroid dienone is 1. The van der Waals surface area contributed by atoms with Gasteiger partial charge in [-0.3, -0.25) is 4.79 Å². The zero-order valence-electron chi connectivity index (χ0n) is 14.8. The van der Waals surface area contributed by atoms with Crippen molar-refractivity contribution in [2.24, 2.45) is 5.41 Å². The lowest BCUT2D eigenvalue weighted by Crippen LogP contribution is -2.29. The van der Waals surface area contributed by atoms with Gasteiger partial charge in [-0.2, -0.15) is 0 Å². The van der Waals surface area contributed by atoms with Crippen LogP contribution in [0.5, 0.6) is 0 Å². The van der Waals surface area contributed by atoms with E-state index in [4.69, 9.17) is 4.74 Å². The molecule has 1 aromatic carbocycles. The molecule has 0 heterocycles. The SMILES string of the molecule is CC(C)(C)C(=O)OCC/C=C/C(c1ccccc1)[Si](C)(C)C. The quantitative estimate of drug-likeness (QED) is 0.312. The first kappa shape index (κ1) is 18.7. The van der Waals surface area contributed by atoms with Crippen LogP contribution in [0.25, 0.3) is 0 Å². The van der Waals surface area contributed by atoms with Crippen molar-refractivity contribution in [1.29, 1.82) is 0 Å². The molecular weight excluding hydrogens is 288 g/mol. The van der Waals surface area contributed by atoms with Crippen molar-refractivity contribution in [3.63, 3.8) is 0 Å². The van der Waals surface area contributed by atoms with Crippen LogP contribution in [0.2, 0.25) is 19.6 Å². The van der Waals surface area contributed by atoms with Gasteiger partial charge in [0.2, 0.25) is 0 Å².